The van der Waals surface area contributed by atoms with Crippen LogP contribution in [0, 0.1) is 0 Å². The Morgan fingerprint density at radius 2 is 1.79 bits per heavy atom. The molecule has 2 aliphatic rings. The summed E-state index contributed by atoms with van der Waals surface area (Å²) < 4.78 is 0. The van der Waals surface area contributed by atoms with Crippen molar-refractivity contribution in [2.45, 2.75) is 58.2 Å². The zero-order chi connectivity index (χ0) is 10.1. The quantitative estimate of drug-likeness (QED) is 0.632. The average Bonchev–Trinajstić information content (AvgIpc) is 2.53. The Balaban J connectivity index is 2.08. The predicted molar refractivity (Wildman–Crippen MR) is 60.5 cm³/mol. The Kier molecular flexibility index (Phi) is 3.13. The molecular formula is C12H24N2. The molecule has 0 aliphatic carbocycles. The summed E-state index contributed by atoms with van der Waals surface area (Å²) in [6.45, 7) is 11.1. The van der Waals surface area contributed by atoms with Crippen molar-refractivity contribution in [1.29, 1.82) is 0 Å². The van der Waals surface area contributed by atoms with Crippen LogP contribution in [-0.2, 0) is 0 Å². The first kappa shape index (κ1) is 10.4. The van der Waals surface area contributed by atoms with E-state index in [1.54, 1.807) is 0 Å². The van der Waals surface area contributed by atoms with E-state index in [0.717, 1.165) is 12.1 Å². The minimum atomic E-state index is 0.713. The molecule has 2 heteroatoms. The second-order valence-electron chi connectivity index (χ2n) is 5.17. The number of hydrogen-bond donors (Lipinski definition) is 0. The first-order valence-corrected chi connectivity index (χ1v) is 6.20. The Morgan fingerprint density at radius 1 is 1.07 bits per heavy atom. The molecule has 2 heterocycles. The van der Waals surface area contributed by atoms with Gasteiger partial charge in [0.15, 0.2) is 0 Å². The fourth-order valence-corrected chi connectivity index (χ4v) is 3.29. The van der Waals surface area contributed by atoms with Crippen LogP contribution in [0.5, 0.6) is 0 Å². The summed E-state index contributed by atoms with van der Waals surface area (Å²) in [5.74, 6) is 0. The molecule has 0 amide bonds. The normalized spacial score (nSPS) is 36.0. The maximum Gasteiger partial charge on any atom is 0.0249 e. The van der Waals surface area contributed by atoms with E-state index in [1.165, 1.54) is 38.9 Å². The Morgan fingerprint density at radius 3 is 2.50 bits per heavy atom. The van der Waals surface area contributed by atoms with Crippen molar-refractivity contribution in [2.75, 3.05) is 19.6 Å². The summed E-state index contributed by atoms with van der Waals surface area (Å²) in [5.41, 5.74) is 0. The zero-order valence-electron chi connectivity index (χ0n) is 9.87. The molecule has 2 aliphatic heterocycles. The summed E-state index contributed by atoms with van der Waals surface area (Å²) in [4.78, 5) is 5.41. The Labute approximate surface area is 88.3 Å². The molecule has 0 unspecified atom stereocenters. The van der Waals surface area contributed by atoms with Crippen molar-refractivity contribution in [2.24, 2.45) is 0 Å². The second kappa shape index (κ2) is 4.19. The molecule has 0 saturated carbocycles. The van der Waals surface area contributed by atoms with E-state index in [-0.39, 0.29) is 0 Å². The molecule has 0 radical (unpaired) electrons. The number of hydrogen-bond acceptors (Lipinski definition) is 2. The van der Waals surface area contributed by atoms with Gasteiger partial charge in [-0.3, -0.25) is 9.80 Å². The van der Waals surface area contributed by atoms with Gasteiger partial charge < -0.3 is 0 Å². The highest BCUT2D eigenvalue weighted by Crippen LogP contribution is 2.27. The molecule has 0 spiro atoms. The third-order valence-electron chi connectivity index (χ3n) is 4.02. The third-order valence-corrected chi connectivity index (χ3v) is 4.02. The predicted octanol–water partition coefficient (Wildman–Crippen LogP) is 1.95. The van der Waals surface area contributed by atoms with Gasteiger partial charge in [0, 0.05) is 18.1 Å². The molecule has 2 rings (SSSR count). The van der Waals surface area contributed by atoms with Crippen molar-refractivity contribution < 1.29 is 0 Å². The van der Waals surface area contributed by atoms with Crippen LogP contribution in [0.25, 0.3) is 0 Å². The molecule has 0 bridgehead atoms. The largest absolute Gasteiger partial charge is 0.299 e. The Bertz CT molecular complexity index is 189. The molecule has 0 N–H and O–H groups in total. The smallest absolute Gasteiger partial charge is 0.0249 e. The van der Waals surface area contributed by atoms with Gasteiger partial charge in [0.05, 0.1) is 0 Å². The van der Waals surface area contributed by atoms with Crippen LogP contribution in [0.15, 0.2) is 0 Å². The summed E-state index contributed by atoms with van der Waals surface area (Å²) in [6.07, 6.45) is 4.20. The lowest BCUT2D eigenvalue weighted by atomic mass is 10.1. The molecular weight excluding hydrogens is 172 g/mol. The standard InChI is InChI=1S/C12H24N2/c1-10(2)14-9-5-8-13-7-4-6-12(13)11(14)3/h10-12H,4-9H2,1-3H3/t11-,12-/m0/s1. The van der Waals surface area contributed by atoms with E-state index < -0.39 is 0 Å². The highest BCUT2D eigenvalue weighted by molar-refractivity contribution is 4.91. The topological polar surface area (TPSA) is 6.48 Å². The number of rotatable bonds is 1. The number of nitrogens with zero attached hydrogens (tertiary/aromatic N) is 2. The lowest BCUT2D eigenvalue weighted by Crippen LogP contribution is -2.47. The van der Waals surface area contributed by atoms with Crippen LogP contribution < -0.4 is 0 Å². The van der Waals surface area contributed by atoms with Crippen molar-refractivity contribution >= 4 is 0 Å². The van der Waals surface area contributed by atoms with Crippen molar-refractivity contribution in [3.8, 4) is 0 Å². The zero-order valence-corrected chi connectivity index (χ0v) is 9.87. The summed E-state index contributed by atoms with van der Waals surface area (Å²) in [7, 11) is 0. The molecule has 0 aromatic heterocycles. The van der Waals surface area contributed by atoms with Crippen LogP contribution in [-0.4, -0.2) is 47.6 Å². The lowest BCUT2D eigenvalue weighted by Gasteiger charge is -2.36. The highest BCUT2D eigenvalue weighted by atomic mass is 15.3. The van der Waals surface area contributed by atoms with E-state index in [9.17, 15) is 0 Å². The summed E-state index contributed by atoms with van der Waals surface area (Å²) in [6, 6.07) is 2.32. The van der Waals surface area contributed by atoms with Crippen LogP contribution in [0.3, 0.4) is 0 Å². The van der Waals surface area contributed by atoms with Gasteiger partial charge in [-0.25, -0.2) is 0 Å². The molecule has 82 valence electrons. The minimum absolute atomic E-state index is 0.713. The summed E-state index contributed by atoms with van der Waals surface area (Å²) in [5, 5.41) is 0. The van der Waals surface area contributed by atoms with Crippen LogP contribution in [0.4, 0.5) is 0 Å². The van der Waals surface area contributed by atoms with Gasteiger partial charge in [-0.15, -0.1) is 0 Å². The average molecular weight is 196 g/mol. The van der Waals surface area contributed by atoms with Gasteiger partial charge in [0.2, 0.25) is 0 Å². The molecule has 2 fully saturated rings. The second-order valence-corrected chi connectivity index (χ2v) is 5.17. The maximum atomic E-state index is 2.72. The van der Waals surface area contributed by atoms with E-state index in [2.05, 4.69) is 30.6 Å². The molecule has 0 aromatic rings. The van der Waals surface area contributed by atoms with Gasteiger partial charge in [-0.05, 0) is 59.7 Å². The molecule has 2 atom stereocenters. The molecule has 2 saturated heterocycles. The molecule has 14 heavy (non-hydrogen) atoms. The van der Waals surface area contributed by atoms with Crippen molar-refractivity contribution in [3.05, 3.63) is 0 Å². The molecule has 2 nitrogen and oxygen atoms in total. The summed E-state index contributed by atoms with van der Waals surface area (Å²) >= 11 is 0. The third kappa shape index (κ3) is 1.82. The first-order chi connectivity index (χ1) is 6.70. The minimum Gasteiger partial charge on any atom is -0.299 e. The van der Waals surface area contributed by atoms with Gasteiger partial charge >= 0.3 is 0 Å². The van der Waals surface area contributed by atoms with Gasteiger partial charge in [0.25, 0.3) is 0 Å². The SMILES string of the molecule is CC(C)N1CCCN2CCC[C@H]2[C@@H]1C. The van der Waals surface area contributed by atoms with Gasteiger partial charge in [-0.2, -0.15) is 0 Å². The maximum absolute atomic E-state index is 2.72. The first-order valence-electron chi connectivity index (χ1n) is 6.20. The van der Waals surface area contributed by atoms with Crippen molar-refractivity contribution in [3.63, 3.8) is 0 Å². The highest BCUT2D eigenvalue weighted by Gasteiger charge is 2.35. The lowest BCUT2D eigenvalue weighted by molar-refractivity contribution is 0.123. The monoisotopic (exact) mass is 196 g/mol. The Hall–Kier alpha value is -0.0800. The van der Waals surface area contributed by atoms with E-state index in [1.807, 2.05) is 0 Å². The van der Waals surface area contributed by atoms with Crippen LogP contribution in [0.1, 0.15) is 40.0 Å². The van der Waals surface area contributed by atoms with E-state index >= 15 is 0 Å². The van der Waals surface area contributed by atoms with Gasteiger partial charge in [0.1, 0.15) is 0 Å². The fraction of sp³-hybridized carbons (Fsp3) is 1.00. The fourth-order valence-electron chi connectivity index (χ4n) is 3.29. The van der Waals surface area contributed by atoms with Crippen LogP contribution in [0.2, 0.25) is 0 Å². The van der Waals surface area contributed by atoms with Gasteiger partial charge in [-0.1, -0.05) is 0 Å². The van der Waals surface area contributed by atoms with E-state index in [0.29, 0.717) is 6.04 Å². The van der Waals surface area contributed by atoms with Crippen molar-refractivity contribution in [1.82, 2.24) is 9.80 Å². The number of fused-ring (bicyclic) bond motifs is 1. The molecule has 0 aromatic carbocycles. The van der Waals surface area contributed by atoms with Crippen LogP contribution >= 0.6 is 0 Å². The van der Waals surface area contributed by atoms with E-state index in [4.69, 9.17) is 0 Å².